The molecule has 1 unspecified atom stereocenters. The normalized spacial score (nSPS) is 29.2. The van der Waals surface area contributed by atoms with Gasteiger partial charge in [-0.15, -0.1) is 0 Å². The highest BCUT2D eigenvalue weighted by Crippen LogP contribution is 2.45. The van der Waals surface area contributed by atoms with Crippen LogP contribution in [0.5, 0.6) is 0 Å². The fourth-order valence-electron chi connectivity index (χ4n) is 3.65. The van der Waals surface area contributed by atoms with Crippen LogP contribution in [-0.2, 0) is 14.4 Å². The minimum Gasteiger partial charge on any atom is -0.459 e. The fraction of sp³-hybridized carbons (Fsp3) is 0.944. The Bertz CT molecular complexity index is 449. The molecular weight excluding hydrogens is 326 g/mol. The van der Waals surface area contributed by atoms with E-state index in [0.29, 0.717) is 12.8 Å². The zero-order chi connectivity index (χ0) is 19.5. The first-order valence-electron chi connectivity index (χ1n) is 8.93. The van der Waals surface area contributed by atoms with Gasteiger partial charge in [-0.2, -0.15) is 5.06 Å². The Labute approximate surface area is 150 Å². The van der Waals surface area contributed by atoms with Crippen LogP contribution in [0.4, 0.5) is 0 Å². The largest absolute Gasteiger partial charge is 0.459 e. The summed E-state index contributed by atoms with van der Waals surface area (Å²) in [6.07, 6.45) is 0.432. The number of aliphatic hydroxyl groups is 3. The molecule has 1 rings (SSSR count). The highest BCUT2D eigenvalue weighted by molar-refractivity contribution is 5.72. The van der Waals surface area contributed by atoms with E-state index in [-0.39, 0.29) is 32.1 Å². The molecule has 3 N–H and O–H groups in total. The molecule has 0 amide bonds. The SMILES string of the molecule is CC(C)C[C@]1(CC(O)CO)C[C@](C)(CO)ON1CC(=O)OC(C)(C)C. The molecule has 0 aromatic rings. The van der Waals surface area contributed by atoms with E-state index in [2.05, 4.69) is 0 Å². The van der Waals surface area contributed by atoms with Crippen molar-refractivity contribution >= 4 is 5.97 Å². The summed E-state index contributed by atoms with van der Waals surface area (Å²) < 4.78 is 5.40. The average molecular weight is 361 g/mol. The van der Waals surface area contributed by atoms with Gasteiger partial charge in [0.25, 0.3) is 0 Å². The second kappa shape index (κ2) is 8.31. The lowest BCUT2D eigenvalue weighted by atomic mass is 9.77. The number of rotatable bonds is 8. The lowest BCUT2D eigenvalue weighted by Crippen LogP contribution is -2.49. The van der Waals surface area contributed by atoms with Crippen molar-refractivity contribution in [2.45, 2.75) is 83.6 Å². The standard InChI is InChI=1S/C18H35NO6/c1-13(2)7-18(8-14(22)10-20)11-17(6,12-21)25-19(18)9-15(23)24-16(3,4)5/h13-14,20-22H,7-12H2,1-6H3/t14?,17-,18+/m1/s1. The molecule has 1 aliphatic rings. The molecule has 7 nitrogen and oxygen atoms in total. The van der Waals surface area contributed by atoms with Gasteiger partial charge < -0.3 is 20.1 Å². The Morgan fingerprint density at radius 3 is 2.32 bits per heavy atom. The van der Waals surface area contributed by atoms with Gasteiger partial charge in [0.1, 0.15) is 17.7 Å². The Morgan fingerprint density at radius 2 is 1.88 bits per heavy atom. The van der Waals surface area contributed by atoms with Crippen LogP contribution in [0, 0.1) is 5.92 Å². The number of hydrogen-bond acceptors (Lipinski definition) is 7. The van der Waals surface area contributed by atoms with Crippen LogP contribution in [-0.4, -0.2) is 69.0 Å². The van der Waals surface area contributed by atoms with Crippen molar-refractivity contribution in [3.05, 3.63) is 0 Å². The number of hydroxylamine groups is 2. The van der Waals surface area contributed by atoms with E-state index in [1.54, 1.807) is 32.8 Å². The molecule has 7 heteroatoms. The zero-order valence-electron chi connectivity index (χ0n) is 16.4. The molecule has 1 fully saturated rings. The van der Waals surface area contributed by atoms with Crippen molar-refractivity contribution in [2.75, 3.05) is 19.8 Å². The lowest BCUT2D eigenvalue weighted by Gasteiger charge is -2.38. The Kier molecular flexibility index (Phi) is 7.41. The molecule has 0 radical (unpaired) electrons. The highest BCUT2D eigenvalue weighted by atomic mass is 16.7. The Hall–Kier alpha value is -0.730. The maximum absolute atomic E-state index is 12.3. The molecule has 0 aliphatic carbocycles. The summed E-state index contributed by atoms with van der Waals surface area (Å²) in [6, 6.07) is 0. The fourth-order valence-corrected chi connectivity index (χ4v) is 3.65. The third-order valence-electron chi connectivity index (χ3n) is 4.20. The van der Waals surface area contributed by atoms with Crippen LogP contribution < -0.4 is 0 Å². The molecule has 0 aromatic heterocycles. The van der Waals surface area contributed by atoms with Gasteiger partial charge in [0, 0.05) is 6.42 Å². The molecule has 148 valence electrons. The van der Waals surface area contributed by atoms with Crippen molar-refractivity contribution in [2.24, 2.45) is 5.92 Å². The minimum absolute atomic E-state index is 0.0995. The van der Waals surface area contributed by atoms with Crippen molar-refractivity contribution in [3.8, 4) is 0 Å². The van der Waals surface area contributed by atoms with Gasteiger partial charge in [0.15, 0.2) is 0 Å². The van der Waals surface area contributed by atoms with E-state index in [9.17, 15) is 20.1 Å². The molecular formula is C18H35NO6. The number of ether oxygens (including phenoxy) is 1. The lowest BCUT2D eigenvalue weighted by molar-refractivity contribution is -0.236. The van der Waals surface area contributed by atoms with Crippen molar-refractivity contribution in [1.29, 1.82) is 0 Å². The van der Waals surface area contributed by atoms with Crippen LogP contribution >= 0.6 is 0 Å². The topological polar surface area (TPSA) is 99.5 Å². The first-order valence-corrected chi connectivity index (χ1v) is 8.93. The molecule has 0 bridgehead atoms. The highest BCUT2D eigenvalue weighted by Gasteiger charge is 2.54. The van der Waals surface area contributed by atoms with Crippen LogP contribution in [0.1, 0.15) is 60.8 Å². The van der Waals surface area contributed by atoms with Gasteiger partial charge in [-0.3, -0.25) is 9.63 Å². The second-order valence-corrected chi connectivity index (χ2v) is 8.86. The molecule has 25 heavy (non-hydrogen) atoms. The predicted octanol–water partition coefficient (Wildman–Crippen LogP) is 1.24. The molecule has 1 aliphatic heterocycles. The van der Waals surface area contributed by atoms with Crippen LogP contribution in [0.3, 0.4) is 0 Å². The number of esters is 1. The molecule has 1 heterocycles. The number of hydrogen-bond donors (Lipinski definition) is 3. The molecule has 0 saturated carbocycles. The maximum Gasteiger partial charge on any atom is 0.323 e. The van der Waals surface area contributed by atoms with Crippen molar-refractivity contribution in [3.63, 3.8) is 0 Å². The summed E-state index contributed by atoms with van der Waals surface area (Å²) in [5, 5.41) is 30.7. The summed E-state index contributed by atoms with van der Waals surface area (Å²) in [4.78, 5) is 18.3. The van der Waals surface area contributed by atoms with E-state index < -0.39 is 28.8 Å². The van der Waals surface area contributed by atoms with Crippen molar-refractivity contribution < 1.29 is 29.7 Å². The Morgan fingerprint density at radius 1 is 1.28 bits per heavy atom. The van der Waals surface area contributed by atoms with Gasteiger partial charge >= 0.3 is 5.97 Å². The number of aliphatic hydroxyl groups excluding tert-OH is 3. The van der Waals surface area contributed by atoms with Crippen LogP contribution in [0.25, 0.3) is 0 Å². The zero-order valence-corrected chi connectivity index (χ0v) is 16.4. The van der Waals surface area contributed by atoms with Gasteiger partial charge in [0.2, 0.25) is 0 Å². The quantitative estimate of drug-likeness (QED) is 0.559. The number of carbonyl (C=O) groups is 1. The monoisotopic (exact) mass is 361 g/mol. The van der Waals surface area contributed by atoms with E-state index in [4.69, 9.17) is 9.57 Å². The summed E-state index contributed by atoms with van der Waals surface area (Å²) in [5.74, 6) is -0.155. The Balaban J connectivity index is 3.10. The van der Waals surface area contributed by atoms with E-state index in [1.165, 1.54) is 0 Å². The maximum atomic E-state index is 12.3. The van der Waals surface area contributed by atoms with Crippen LogP contribution in [0.2, 0.25) is 0 Å². The van der Waals surface area contributed by atoms with Crippen LogP contribution in [0.15, 0.2) is 0 Å². The smallest absolute Gasteiger partial charge is 0.323 e. The second-order valence-electron chi connectivity index (χ2n) is 8.86. The first-order chi connectivity index (χ1) is 11.3. The van der Waals surface area contributed by atoms with Gasteiger partial charge in [-0.25, -0.2) is 0 Å². The van der Waals surface area contributed by atoms with E-state index in [1.807, 2.05) is 13.8 Å². The molecule has 1 saturated heterocycles. The van der Waals surface area contributed by atoms with Gasteiger partial charge in [-0.1, -0.05) is 13.8 Å². The molecule has 3 atom stereocenters. The number of carbonyl (C=O) groups excluding carboxylic acids is 1. The summed E-state index contributed by atoms with van der Waals surface area (Å²) in [7, 11) is 0. The first kappa shape index (κ1) is 22.3. The number of nitrogens with zero attached hydrogens (tertiary/aromatic N) is 1. The summed E-state index contributed by atoms with van der Waals surface area (Å²) in [6.45, 7) is 10.6. The molecule has 0 spiro atoms. The van der Waals surface area contributed by atoms with Gasteiger partial charge in [-0.05, 0) is 46.5 Å². The van der Waals surface area contributed by atoms with Gasteiger partial charge in [0.05, 0.1) is 24.9 Å². The van der Waals surface area contributed by atoms with E-state index >= 15 is 0 Å². The van der Waals surface area contributed by atoms with Crippen molar-refractivity contribution in [1.82, 2.24) is 5.06 Å². The molecule has 0 aromatic carbocycles. The average Bonchev–Trinajstić information content (AvgIpc) is 2.68. The third kappa shape index (κ3) is 6.49. The predicted molar refractivity (Wildman–Crippen MR) is 93.6 cm³/mol. The summed E-state index contributed by atoms with van der Waals surface area (Å²) >= 11 is 0. The minimum atomic E-state index is -0.926. The summed E-state index contributed by atoms with van der Waals surface area (Å²) in [5.41, 5.74) is -2.11. The van der Waals surface area contributed by atoms with E-state index in [0.717, 1.165) is 0 Å². The third-order valence-corrected chi connectivity index (χ3v) is 4.20.